The molecule has 31 heavy (non-hydrogen) atoms. The van der Waals surface area contributed by atoms with Crippen molar-refractivity contribution in [2.75, 3.05) is 6.61 Å². The molecular formula is C21H20ClN3O5S. The highest BCUT2D eigenvalue weighted by Crippen LogP contribution is 2.31. The molecule has 4 N–H and O–H groups in total. The Hall–Kier alpha value is -3.14. The van der Waals surface area contributed by atoms with Crippen LogP contribution in [0.5, 0.6) is 0 Å². The summed E-state index contributed by atoms with van der Waals surface area (Å²) in [6, 6.07) is 14.7. The fourth-order valence-corrected chi connectivity index (χ4v) is 3.73. The van der Waals surface area contributed by atoms with Crippen LogP contribution in [0.15, 0.2) is 59.5 Å². The van der Waals surface area contributed by atoms with E-state index in [2.05, 4.69) is 0 Å². The molecule has 1 heterocycles. The molecule has 162 valence electrons. The van der Waals surface area contributed by atoms with E-state index < -0.39 is 21.9 Å². The van der Waals surface area contributed by atoms with Crippen LogP contribution in [0.4, 0.5) is 0 Å². The van der Waals surface area contributed by atoms with Crippen molar-refractivity contribution in [3.8, 4) is 16.9 Å². The van der Waals surface area contributed by atoms with Crippen molar-refractivity contribution in [2.45, 2.75) is 18.2 Å². The summed E-state index contributed by atoms with van der Waals surface area (Å²) in [5.41, 5.74) is 8.01. The SMILES string of the molecule is Cc1c(C(=O)OCCC(N)=O)cc(-c2ccc(Cl)cc2)n1-c1ccc(S(N)(=O)=O)cc1. The average Bonchev–Trinajstić information content (AvgIpc) is 3.05. The molecule has 0 spiro atoms. The number of esters is 1. The van der Waals surface area contributed by atoms with Gasteiger partial charge in [0.05, 0.1) is 22.6 Å². The van der Waals surface area contributed by atoms with Crippen LogP contribution in [-0.4, -0.2) is 31.5 Å². The molecule has 0 unspecified atom stereocenters. The smallest absolute Gasteiger partial charge is 0.340 e. The first-order chi connectivity index (χ1) is 14.6. The van der Waals surface area contributed by atoms with E-state index >= 15 is 0 Å². The Morgan fingerprint density at radius 1 is 1.06 bits per heavy atom. The monoisotopic (exact) mass is 461 g/mol. The van der Waals surface area contributed by atoms with Gasteiger partial charge >= 0.3 is 5.97 Å². The van der Waals surface area contributed by atoms with Crippen molar-refractivity contribution >= 4 is 33.5 Å². The van der Waals surface area contributed by atoms with Gasteiger partial charge in [-0.05, 0) is 55.0 Å². The van der Waals surface area contributed by atoms with Crippen molar-refractivity contribution in [1.82, 2.24) is 4.57 Å². The Morgan fingerprint density at radius 2 is 1.68 bits per heavy atom. The second kappa shape index (κ2) is 8.93. The molecule has 0 aliphatic rings. The maximum Gasteiger partial charge on any atom is 0.340 e. The fourth-order valence-electron chi connectivity index (χ4n) is 3.09. The minimum absolute atomic E-state index is 0.0276. The maximum atomic E-state index is 12.6. The Kier molecular flexibility index (Phi) is 6.49. The molecule has 0 radical (unpaired) electrons. The van der Waals surface area contributed by atoms with Gasteiger partial charge in [-0.2, -0.15) is 0 Å². The van der Waals surface area contributed by atoms with Gasteiger partial charge in [0.25, 0.3) is 0 Å². The molecule has 1 aromatic heterocycles. The number of sulfonamides is 1. The van der Waals surface area contributed by atoms with E-state index in [0.29, 0.717) is 27.7 Å². The molecule has 0 saturated heterocycles. The van der Waals surface area contributed by atoms with E-state index in [1.165, 1.54) is 12.1 Å². The zero-order valence-corrected chi connectivity index (χ0v) is 18.1. The number of amides is 1. The van der Waals surface area contributed by atoms with Crippen LogP contribution >= 0.6 is 11.6 Å². The minimum Gasteiger partial charge on any atom is -0.462 e. The van der Waals surface area contributed by atoms with Crippen LogP contribution in [0.2, 0.25) is 5.02 Å². The zero-order chi connectivity index (χ0) is 22.8. The number of carbonyl (C=O) groups is 2. The van der Waals surface area contributed by atoms with Gasteiger partial charge in [0.15, 0.2) is 0 Å². The number of nitrogens with zero attached hydrogens (tertiary/aromatic N) is 1. The third kappa shape index (κ3) is 5.13. The highest BCUT2D eigenvalue weighted by Gasteiger charge is 2.21. The van der Waals surface area contributed by atoms with Gasteiger partial charge in [-0.15, -0.1) is 0 Å². The fraction of sp³-hybridized carbons (Fsp3) is 0.143. The molecule has 3 aromatic rings. The first kappa shape index (κ1) is 22.5. The van der Waals surface area contributed by atoms with E-state index in [0.717, 1.165) is 5.56 Å². The van der Waals surface area contributed by atoms with Crippen molar-refractivity contribution < 1.29 is 22.7 Å². The van der Waals surface area contributed by atoms with Crippen molar-refractivity contribution in [3.05, 3.63) is 70.9 Å². The lowest BCUT2D eigenvalue weighted by Crippen LogP contribution is -2.16. The zero-order valence-electron chi connectivity index (χ0n) is 16.5. The first-order valence-electron chi connectivity index (χ1n) is 9.15. The number of ether oxygens (including phenoxy) is 1. The summed E-state index contributed by atoms with van der Waals surface area (Å²) in [4.78, 5) is 23.5. The average molecular weight is 462 g/mol. The summed E-state index contributed by atoms with van der Waals surface area (Å²) < 4.78 is 30.1. The Morgan fingerprint density at radius 3 is 2.23 bits per heavy atom. The van der Waals surface area contributed by atoms with E-state index in [-0.39, 0.29) is 17.9 Å². The minimum atomic E-state index is -3.84. The summed E-state index contributed by atoms with van der Waals surface area (Å²) in [6.07, 6.45) is -0.0788. The number of halogens is 1. The predicted octanol–water partition coefficient (Wildman–Crippen LogP) is 2.79. The maximum absolute atomic E-state index is 12.6. The van der Waals surface area contributed by atoms with Crippen molar-refractivity contribution in [3.63, 3.8) is 0 Å². The van der Waals surface area contributed by atoms with Crippen LogP contribution < -0.4 is 10.9 Å². The van der Waals surface area contributed by atoms with Gasteiger partial charge in [0.1, 0.15) is 6.61 Å². The van der Waals surface area contributed by atoms with Gasteiger partial charge in [-0.1, -0.05) is 23.7 Å². The topological polar surface area (TPSA) is 134 Å². The Bertz CT molecular complexity index is 1230. The second-order valence-electron chi connectivity index (χ2n) is 6.76. The summed E-state index contributed by atoms with van der Waals surface area (Å²) in [7, 11) is -3.84. The van der Waals surface area contributed by atoms with Crippen molar-refractivity contribution in [2.24, 2.45) is 10.9 Å². The van der Waals surface area contributed by atoms with Crippen LogP contribution in [0, 0.1) is 6.92 Å². The highest BCUT2D eigenvalue weighted by molar-refractivity contribution is 7.89. The van der Waals surface area contributed by atoms with Gasteiger partial charge in [0, 0.05) is 16.4 Å². The standard InChI is InChI=1S/C21H20ClN3O5S/c1-13-18(21(27)30-11-10-20(23)26)12-19(14-2-4-15(22)5-3-14)25(13)16-6-8-17(9-7-16)31(24,28)29/h2-9,12H,10-11H2,1H3,(H2,23,26)(H2,24,28,29). The summed E-state index contributed by atoms with van der Waals surface area (Å²) in [5.74, 6) is -1.17. The first-order valence-corrected chi connectivity index (χ1v) is 11.1. The van der Waals surface area contributed by atoms with E-state index in [9.17, 15) is 18.0 Å². The summed E-state index contributed by atoms with van der Waals surface area (Å²) >= 11 is 6.00. The molecule has 1 amide bonds. The highest BCUT2D eigenvalue weighted by atomic mass is 35.5. The number of hydrogen-bond acceptors (Lipinski definition) is 5. The number of rotatable bonds is 7. The predicted molar refractivity (Wildman–Crippen MR) is 116 cm³/mol. The largest absolute Gasteiger partial charge is 0.462 e. The molecule has 0 saturated carbocycles. The lowest BCUT2D eigenvalue weighted by molar-refractivity contribution is -0.118. The van der Waals surface area contributed by atoms with Crippen LogP contribution in [-0.2, 0) is 19.6 Å². The van der Waals surface area contributed by atoms with E-state index in [4.69, 9.17) is 27.2 Å². The normalized spacial score (nSPS) is 11.3. The van der Waals surface area contributed by atoms with Gasteiger partial charge < -0.3 is 15.0 Å². The van der Waals surface area contributed by atoms with Crippen LogP contribution in [0.25, 0.3) is 16.9 Å². The number of benzene rings is 2. The molecule has 0 atom stereocenters. The number of carbonyl (C=O) groups excluding carboxylic acids is 2. The van der Waals surface area contributed by atoms with Gasteiger partial charge in [0.2, 0.25) is 15.9 Å². The molecule has 0 aliphatic heterocycles. The number of primary sulfonamides is 1. The van der Waals surface area contributed by atoms with Crippen LogP contribution in [0.3, 0.4) is 0 Å². The Balaban J connectivity index is 2.09. The number of nitrogens with two attached hydrogens (primary N) is 2. The third-order valence-corrected chi connectivity index (χ3v) is 5.79. The summed E-state index contributed by atoms with van der Waals surface area (Å²) in [6.45, 7) is 1.61. The molecule has 10 heteroatoms. The molecule has 0 bridgehead atoms. The number of hydrogen-bond donors (Lipinski definition) is 2. The van der Waals surface area contributed by atoms with Crippen LogP contribution in [0.1, 0.15) is 22.5 Å². The Labute approximate surface area is 184 Å². The van der Waals surface area contributed by atoms with E-state index in [1.807, 2.05) is 0 Å². The molecule has 8 nitrogen and oxygen atoms in total. The van der Waals surface area contributed by atoms with E-state index in [1.54, 1.807) is 54.0 Å². The third-order valence-electron chi connectivity index (χ3n) is 4.61. The summed E-state index contributed by atoms with van der Waals surface area (Å²) in [5, 5.41) is 5.74. The van der Waals surface area contributed by atoms with Crippen molar-refractivity contribution in [1.29, 1.82) is 0 Å². The number of aromatic nitrogens is 1. The molecular weight excluding hydrogens is 442 g/mol. The molecule has 2 aromatic carbocycles. The molecule has 3 rings (SSSR count). The lowest BCUT2D eigenvalue weighted by Gasteiger charge is -2.13. The van der Waals surface area contributed by atoms with Gasteiger partial charge in [-0.3, -0.25) is 4.79 Å². The second-order valence-corrected chi connectivity index (χ2v) is 8.76. The molecule has 0 aliphatic carbocycles. The quantitative estimate of drug-likeness (QED) is 0.521. The number of primary amides is 1. The lowest BCUT2D eigenvalue weighted by atomic mass is 10.1. The molecule has 0 fully saturated rings. The van der Waals surface area contributed by atoms with Gasteiger partial charge in [-0.25, -0.2) is 18.4 Å².